The maximum Gasteiger partial charge on any atom is 0.242 e. The lowest BCUT2D eigenvalue weighted by molar-refractivity contribution is -0.119. The summed E-state index contributed by atoms with van der Waals surface area (Å²) in [6.07, 6.45) is 1.12. The molecule has 94 valence electrons. The Morgan fingerprint density at radius 1 is 1.47 bits per heavy atom. The number of nitrogens with zero attached hydrogens (tertiary/aromatic N) is 1. The first-order valence-corrected chi connectivity index (χ1v) is 6.09. The number of nitrogens with one attached hydrogen (secondary N) is 2. The molecule has 0 aliphatic carbocycles. The SMILES string of the molecule is CC(NS(=O)(=O)c1ccc(NN)nc1)C(N)=O. The van der Waals surface area contributed by atoms with Gasteiger partial charge in [-0.1, -0.05) is 0 Å². The van der Waals surface area contributed by atoms with Crippen molar-refractivity contribution in [2.75, 3.05) is 5.43 Å². The van der Waals surface area contributed by atoms with Crippen molar-refractivity contribution in [1.82, 2.24) is 9.71 Å². The van der Waals surface area contributed by atoms with Gasteiger partial charge in [0.15, 0.2) is 0 Å². The molecule has 8 nitrogen and oxygen atoms in total. The van der Waals surface area contributed by atoms with Gasteiger partial charge in [-0.25, -0.2) is 19.2 Å². The van der Waals surface area contributed by atoms with E-state index in [1.165, 1.54) is 19.1 Å². The molecule has 0 saturated heterocycles. The van der Waals surface area contributed by atoms with E-state index in [1.54, 1.807) is 0 Å². The molecule has 1 amide bonds. The molecule has 0 bridgehead atoms. The maximum absolute atomic E-state index is 11.7. The highest BCUT2D eigenvalue weighted by atomic mass is 32.2. The third-order valence-corrected chi connectivity index (χ3v) is 3.48. The Kier molecular flexibility index (Phi) is 3.99. The van der Waals surface area contributed by atoms with Crippen LogP contribution in [0.5, 0.6) is 0 Å². The average molecular weight is 259 g/mol. The van der Waals surface area contributed by atoms with Crippen LogP contribution in [0.1, 0.15) is 6.92 Å². The molecule has 1 aromatic heterocycles. The van der Waals surface area contributed by atoms with Crippen LogP contribution >= 0.6 is 0 Å². The Morgan fingerprint density at radius 2 is 2.12 bits per heavy atom. The van der Waals surface area contributed by atoms with E-state index in [0.717, 1.165) is 6.20 Å². The molecule has 6 N–H and O–H groups in total. The van der Waals surface area contributed by atoms with Crippen LogP contribution < -0.4 is 21.7 Å². The maximum atomic E-state index is 11.7. The summed E-state index contributed by atoms with van der Waals surface area (Å²) in [7, 11) is -3.81. The molecule has 1 heterocycles. The Labute approximate surface area is 98.4 Å². The summed E-state index contributed by atoms with van der Waals surface area (Å²) in [5, 5.41) is 0. The summed E-state index contributed by atoms with van der Waals surface area (Å²) < 4.78 is 25.6. The zero-order valence-corrected chi connectivity index (χ0v) is 9.86. The number of aromatic nitrogens is 1. The fourth-order valence-corrected chi connectivity index (χ4v) is 2.14. The topological polar surface area (TPSA) is 140 Å². The molecule has 1 aromatic rings. The van der Waals surface area contributed by atoms with Crippen LogP contribution in [-0.2, 0) is 14.8 Å². The highest BCUT2D eigenvalue weighted by Crippen LogP contribution is 2.10. The van der Waals surface area contributed by atoms with Crippen molar-refractivity contribution >= 4 is 21.7 Å². The zero-order valence-electron chi connectivity index (χ0n) is 9.04. The van der Waals surface area contributed by atoms with E-state index in [-0.39, 0.29) is 4.90 Å². The molecule has 0 aromatic carbocycles. The Hall–Kier alpha value is -1.71. The van der Waals surface area contributed by atoms with Crippen molar-refractivity contribution in [3.05, 3.63) is 18.3 Å². The van der Waals surface area contributed by atoms with Gasteiger partial charge in [0.1, 0.15) is 10.7 Å². The first-order chi connectivity index (χ1) is 7.86. The Bertz CT molecular complexity index is 498. The molecule has 17 heavy (non-hydrogen) atoms. The highest BCUT2D eigenvalue weighted by Gasteiger charge is 2.20. The standard InChI is InChI=1S/C8H13N5O3S/c1-5(8(9)14)13-17(15,16)6-2-3-7(12-10)11-4-6/h2-5,13H,10H2,1H3,(H2,9,14)(H,11,12). The molecular weight excluding hydrogens is 246 g/mol. The van der Waals surface area contributed by atoms with Gasteiger partial charge in [-0.2, -0.15) is 4.72 Å². The van der Waals surface area contributed by atoms with Crippen molar-refractivity contribution in [3.63, 3.8) is 0 Å². The van der Waals surface area contributed by atoms with Crippen LogP contribution in [0.15, 0.2) is 23.2 Å². The summed E-state index contributed by atoms with van der Waals surface area (Å²) in [5.41, 5.74) is 7.22. The summed E-state index contributed by atoms with van der Waals surface area (Å²) in [6, 6.07) is 1.70. The monoisotopic (exact) mass is 259 g/mol. The molecular formula is C8H13N5O3S. The number of carbonyl (C=O) groups is 1. The minimum atomic E-state index is -3.81. The molecule has 0 fully saturated rings. The molecule has 0 radical (unpaired) electrons. The number of nitrogen functional groups attached to an aromatic ring is 1. The van der Waals surface area contributed by atoms with E-state index < -0.39 is 22.0 Å². The second-order valence-corrected chi connectivity index (χ2v) is 4.98. The van der Waals surface area contributed by atoms with E-state index in [0.29, 0.717) is 5.82 Å². The minimum absolute atomic E-state index is 0.0791. The predicted molar refractivity (Wildman–Crippen MR) is 61.0 cm³/mol. The third-order valence-electron chi connectivity index (χ3n) is 1.95. The molecule has 0 saturated carbocycles. The van der Waals surface area contributed by atoms with Gasteiger partial charge >= 0.3 is 0 Å². The van der Waals surface area contributed by atoms with Crippen molar-refractivity contribution in [3.8, 4) is 0 Å². The van der Waals surface area contributed by atoms with Gasteiger partial charge in [0.2, 0.25) is 15.9 Å². The number of hydrazine groups is 1. The Balaban J connectivity index is 2.93. The van der Waals surface area contributed by atoms with Crippen LogP contribution in [0.25, 0.3) is 0 Å². The van der Waals surface area contributed by atoms with Gasteiger partial charge in [-0.05, 0) is 19.1 Å². The van der Waals surface area contributed by atoms with Gasteiger partial charge in [-0.15, -0.1) is 0 Å². The molecule has 1 unspecified atom stereocenters. The zero-order chi connectivity index (χ0) is 13.1. The van der Waals surface area contributed by atoms with E-state index in [1.807, 2.05) is 0 Å². The van der Waals surface area contributed by atoms with Crippen LogP contribution in [-0.4, -0.2) is 25.4 Å². The predicted octanol–water partition coefficient (Wildman–Crippen LogP) is -1.48. The number of primary amides is 1. The number of hydrogen-bond acceptors (Lipinski definition) is 6. The van der Waals surface area contributed by atoms with Gasteiger partial charge in [-0.3, -0.25) is 4.79 Å². The van der Waals surface area contributed by atoms with E-state index in [9.17, 15) is 13.2 Å². The summed E-state index contributed by atoms with van der Waals surface area (Å²) in [6.45, 7) is 1.35. The normalized spacial score (nSPS) is 13.1. The van der Waals surface area contributed by atoms with E-state index in [4.69, 9.17) is 11.6 Å². The summed E-state index contributed by atoms with van der Waals surface area (Å²) >= 11 is 0. The number of carbonyl (C=O) groups excluding carboxylic acids is 1. The number of anilines is 1. The van der Waals surface area contributed by atoms with Gasteiger partial charge in [0.05, 0.1) is 6.04 Å². The largest absolute Gasteiger partial charge is 0.368 e. The fourth-order valence-electron chi connectivity index (χ4n) is 0.983. The van der Waals surface area contributed by atoms with Gasteiger partial charge in [0, 0.05) is 6.20 Å². The molecule has 9 heteroatoms. The van der Waals surface area contributed by atoms with Crippen molar-refractivity contribution < 1.29 is 13.2 Å². The second-order valence-electron chi connectivity index (χ2n) is 3.27. The van der Waals surface area contributed by atoms with Gasteiger partial charge in [0.25, 0.3) is 0 Å². The lowest BCUT2D eigenvalue weighted by Gasteiger charge is -2.10. The Morgan fingerprint density at radius 3 is 2.53 bits per heavy atom. The number of sulfonamides is 1. The van der Waals surface area contributed by atoms with Crippen molar-refractivity contribution in [2.24, 2.45) is 11.6 Å². The molecule has 0 aliphatic rings. The number of nitrogens with two attached hydrogens (primary N) is 2. The number of rotatable bonds is 5. The lowest BCUT2D eigenvalue weighted by atomic mass is 10.4. The number of hydrogen-bond donors (Lipinski definition) is 4. The summed E-state index contributed by atoms with van der Waals surface area (Å²) in [4.78, 5) is 14.4. The molecule has 1 rings (SSSR count). The van der Waals surface area contributed by atoms with Crippen LogP contribution in [0.4, 0.5) is 5.82 Å². The first kappa shape index (κ1) is 13.4. The average Bonchev–Trinajstić information content (AvgIpc) is 2.28. The first-order valence-electron chi connectivity index (χ1n) is 4.61. The van der Waals surface area contributed by atoms with Gasteiger partial charge < -0.3 is 11.2 Å². The lowest BCUT2D eigenvalue weighted by Crippen LogP contribution is -2.42. The molecule has 0 aliphatic heterocycles. The molecule has 0 spiro atoms. The second kappa shape index (κ2) is 5.08. The quantitative estimate of drug-likeness (QED) is 0.375. The van der Waals surface area contributed by atoms with Crippen LogP contribution in [0, 0.1) is 0 Å². The van der Waals surface area contributed by atoms with E-state index in [2.05, 4.69) is 15.1 Å². The fraction of sp³-hybridized carbons (Fsp3) is 0.250. The van der Waals surface area contributed by atoms with Crippen molar-refractivity contribution in [1.29, 1.82) is 0 Å². The minimum Gasteiger partial charge on any atom is -0.368 e. The number of amides is 1. The number of pyridine rings is 1. The summed E-state index contributed by atoms with van der Waals surface area (Å²) in [5.74, 6) is 4.65. The van der Waals surface area contributed by atoms with Crippen molar-refractivity contribution in [2.45, 2.75) is 17.9 Å². The third kappa shape index (κ3) is 3.37. The highest BCUT2D eigenvalue weighted by molar-refractivity contribution is 7.89. The van der Waals surface area contributed by atoms with Crippen LogP contribution in [0.3, 0.4) is 0 Å². The van der Waals surface area contributed by atoms with E-state index >= 15 is 0 Å². The molecule has 1 atom stereocenters. The smallest absolute Gasteiger partial charge is 0.242 e. The van der Waals surface area contributed by atoms with Crippen LogP contribution in [0.2, 0.25) is 0 Å².